The van der Waals surface area contributed by atoms with Crippen molar-refractivity contribution in [3.8, 4) is 0 Å². The van der Waals surface area contributed by atoms with Gasteiger partial charge in [0.2, 0.25) is 0 Å². The summed E-state index contributed by atoms with van der Waals surface area (Å²) in [5.74, 6) is 0. The van der Waals surface area contributed by atoms with Gasteiger partial charge in [0.25, 0.3) is 0 Å². The minimum Gasteiger partial charge on any atom is -0.391 e. The van der Waals surface area contributed by atoms with Crippen molar-refractivity contribution in [2.24, 2.45) is 0 Å². The van der Waals surface area contributed by atoms with Crippen LogP contribution >= 0.6 is 11.6 Å². The van der Waals surface area contributed by atoms with Crippen LogP contribution in [0.5, 0.6) is 0 Å². The Morgan fingerprint density at radius 2 is 1.50 bits per heavy atom. The number of halogens is 1. The van der Waals surface area contributed by atoms with Crippen LogP contribution in [0.3, 0.4) is 0 Å². The molecule has 0 aliphatic heterocycles. The van der Waals surface area contributed by atoms with E-state index in [-0.39, 0.29) is 0 Å². The van der Waals surface area contributed by atoms with Crippen LogP contribution in [0.2, 0.25) is 0 Å². The first-order valence-electron chi connectivity index (χ1n) is 2.72. The molecule has 0 radical (unpaired) electrons. The highest BCUT2D eigenvalue weighted by Gasteiger charge is 2.31. The topological polar surface area (TPSA) is 40.5 Å². The van der Waals surface area contributed by atoms with Gasteiger partial charge in [0.15, 0.2) is 0 Å². The van der Waals surface area contributed by atoms with E-state index in [4.69, 9.17) is 21.8 Å². The van der Waals surface area contributed by atoms with Crippen molar-refractivity contribution < 1.29 is 10.2 Å². The minimum absolute atomic E-state index is 0.435. The molecular weight excluding hydrogens is 128 g/mol. The lowest BCUT2D eigenvalue weighted by Gasteiger charge is -2.07. The summed E-state index contributed by atoms with van der Waals surface area (Å²) in [6.07, 6.45) is 0.281. The Hall–Kier alpha value is 0.210. The van der Waals surface area contributed by atoms with Crippen LogP contribution in [0.4, 0.5) is 0 Å². The largest absolute Gasteiger partial charge is 0.391 e. The van der Waals surface area contributed by atoms with E-state index in [0.29, 0.717) is 12.8 Å². The predicted octanol–water partition coefficient (Wildman–Crippen LogP) is 0.109. The van der Waals surface area contributed by atoms with Crippen molar-refractivity contribution in [2.45, 2.75) is 30.4 Å². The maximum Gasteiger partial charge on any atom is 0.0853 e. The molecule has 0 bridgehead atoms. The van der Waals surface area contributed by atoms with E-state index in [9.17, 15) is 0 Å². The summed E-state index contributed by atoms with van der Waals surface area (Å²) in [5, 5.41) is 17.3. The van der Waals surface area contributed by atoms with Crippen molar-refractivity contribution in [1.82, 2.24) is 0 Å². The molecule has 2 N–H and O–H groups in total. The molecule has 0 aromatic carbocycles. The van der Waals surface area contributed by atoms with E-state index in [2.05, 4.69) is 0 Å². The van der Waals surface area contributed by atoms with Gasteiger partial charge in [0.1, 0.15) is 0 Å². The van der Waals surface area contributed by atoms with Gasteiger partial charge in [-0.25, -0.2) is 0 Å². The molecule has 0 aromatic heterocycles. The quantitative estimate of drug-likeness (QED) is 0.464. The smallest absolute Gasteiger partial charge is 0.0853 e. The normalized spacial score (nSPS) is 40.9. The molecule has 0 saturated heterocycles. The van der Waals surface area contributed by atoms with Gasteiger partial charge in [-0.05, 0) is 12.8 Å². The highest BCUT2D eigenvalue weighted by Crippen LogP contribution is 2.23. The molecule has 0 unspecified atom stereocenters. The van der Waals surface area contributed by atoms with Gasteiger partial charge in [-0.2, -0.15) is 0 Å². The second kappa shape index (κ2) is 2.21. The molecule has 1 rings (SSSR count). The number of aliphatic hydroxyl groups excluding tert-OH is 2. The number of aliphatic hydroxyl groups is 2. The third-order valence-corrected chi connectivity index (χ3v) is 2.08. The van der Waals surface area contributed by atoms with Crippen LogP contribution in [-0.2, 0) is 0 Å². The van der Waals surface area contributed by atoms with E-state index < -0.39 is 17.6 Å². The Bertz CT molecular complexity index is 76.5. The molecule has 0 aromatic rings. The van der Waals surface area contributed by atoms with E-state index in [1.165, 1.54) is 0 Å². The molecule has 1 aliphatic carbocycles. The van der Waals surface area contributed by atoms with Gasteiger partial charge < -0.3 is 10.2 Å². The van der Waals surface area contributed by atoms with Crippen molar-refractivity contribution in [3.63, 3.8) is 0 Å². The summed E-state index contributed by atoms with van der Waals surface area (Å²) in [4.78, 5) is 0. The lowest BCUT2D eigenvalue weighted by Crippen LogP contribution is -2.22. The van der Waals surface area contributed by atoms with Crippen LogP contribution in [0.1, 0.15) is 12.8 Å². The molecule has 8 heavy (non-hydrogen) atoms. The van der Waals surface area contributed by atoms with Crippen LogP contribution in [0.15, 0.2) is 0 Å². The highest BCUT2D eigenvalue weighted by atomic mass is 35.5. The second-order valence-electron chi connectivity index (χ2n) is 2.16. The Labute approximate surface area is 53.1 Å². The SMILES string of the molecule is O[C@@H]1CC[C@@H](O)C1Cl. The zero-order valence-electron chi connectivity index (χ0n) is 4.42. The first-order valence-corrected chi connectivity index (χ1v) is 3.15. The number of hydrogen-bond acceptors (Lipinski definition) is 2. The monoisotopic (exact) mass is 136 g/mol. The number of rotatable bonds is 0. The molecule has 0 amide bonds. The summed E-state index contributed by atoms with van der Waals surface area (Å²) in [6, 6.07) is 0. The van der Waals surface area contributed by atoms with Gasteiger partial charge in [0, 0.05) is 0 Å². The summed E-state index contributed by atoms with van der Waals surface area (Å²) in [5.41, 5.74) is 0. The third kappa shape index (κ3) is 0.966. The minimum atomic E-state index is -0.494. The first-order chi connectivity index (χ1) is 3.72. The van der Waals surface area contributed by atoms with E-state index in [0.717, 1.165) is 0 Å². The van der Waals surface area contributed by atoms with Crippen LogP contribution in [-0.4, -0.2) is 27.8 Å². The van der Waals surface area contributed by atoms with Crippen LogP contribution in [0, 0.1) is 0 Å². The molecule has 1 saturated carbocycles. The van der Waals surface area contributed by atoms with Crippen molar-refractivity contribution in [2.75, 3.05) is 0 Å². The zero-order chi connectivity index (χ0) is 6.15. The summed E-state index contributed by atoms with van der Waals surface area (Å²) >= 11 is 5.51. The van der Waals surface area contributed by atoms with Gasteiger partial charge in [-0.15, -0.1) is 11.6 Å². The zero-order valence-corrected chi connectivity index (χ0v) is 5.17. The third-order valence-electron chi connectivity index (χ3n) is 1.49. The van der Waals surface area contributed by atoms with Gasteiger partial charge in [-0.3, -0.25) is 0 Å². The van der Waals surface area contributed by atoms with Crippen LogP contribution < -0.4 is 0 Å². The highest BCUT2D eigenvalue weighted by molar-refractivity contribution is 6.21. The standard InChI is InChI=1S/C5H9ClO2/c6-5-3(7)1-2-4(5)8/h3-5,7-8H,1-2H2/t3-,4-/m1/s1. The van der Waals surface area contributed by atoms with Crippen LogP contribution in [0.25, 0.3) is 0 Å². The molecule has 2 atom stereocenters. The molecular formula is C5H9ClO2. The maximum atomic E-state index is 8.88. The molecule has 3 heteroatoms. The van der Waals surface area contributed by atoms with Gasteiger partial charge in [0.05, 0.1) is 17.6 Å². The fourth-order valence-corrected chi connectivity index (χ4v) is 1.17. The van der Waals surface area contributed by atoms with Crippen molar-refractivity contribution in [3.05, 3.63) is 0 Å². The summed E-state index contributed by atoms with van der Waals surface area (Å²) in [7, 11) is 0. The predicted molar refractivity (Wildman–Crippen MR) is 30.9 cm³/mol. The Kier molecular flexibility index (Phi) is 1.75. The number of hydrogen-bond donors (Lipinski definition) is 2. The van der Waals surface area contributed by atoms with E-state index in [1.807, 2.05) is 0 Å². The molecule has 0 heterocycles. The Balaban J connectivity index is 2.44. The Morgan fingerprint density at radius 3 is 1.62 bits per heavy atom. The maximum absolute atomic E-state index is 8.88. The fourth-order valence-electron chi connectivity index (χ4n) is 0.916. The van der Waals surface area contributed by atoms with Crippen molar-refractivity contribution >= 4 is 11.6 Å². The lowest BCUT2D eigenvalue weighted by atomic mass is 10.3. The average molecular weight is 137 g/mol. The molecule has 1 fully saturated rings. The second-order valence-corrected chi connectivity index (χ2v) is 2.66. The van der Waals surface area contributed by atoms with Gasteiger partial charge >= 0.3 is 0 Å². The first kappa shape index (κ1) is 6.33. The van der Waals surface area contributed by atoms with Crippen molar-refractivity contribution in [1.29, 1.82) is 0 Å². The Morgan fingerprint density at radius 1 is 1.12 bits per heavy atom. The number of alkyl halides is 1. The molecule has 48 valence electrons. The van der Waals surface area contributed by atoms with E-state index >= 15 is 0 Å². The molecule has 0 spiro atoms. The fraction of sp³-hybridized carbons (Fsp3) is 1.00. The molecule has 1 aliphatic rings. The lowest BCUT2D eigenvalue weighted by molar-refractivity contribution is 0.142. The summed E-state index contributed by atoms with van der Waals surface area (Å²) < 4.78 is 0. The van der Waals surface area contributed by atoms with Gasteiger partial charge in [-0.1, -0.05) is 0 Å². The molecule has 2 nitrogen and oxygen atoms in total. The van der Waals surface area contributed by atoms with E-state index in [1.54, 1.807) is 0 Å². The summed E-state index contributed by atoms with van der Waals surface area (Å²) in [6.45, 7) is 0. The average Bonchev–Trinajstić information content (AvgIpc) is 1.98.